The number of piperidine rings is 3. The fraction of sp³-hybridized carbons (Fsp3) is 0.364. The minimum Gasteiger partial charge on any atom is -0.294 e. The van der Waals surface area contributed by atoms with E-state index >= 15 is 0 Å². The molecule has 0 N–H and O–H groups in total. The van der Waals surface area contributed by atoms with E-state index in [2.05, 4.69) is 66.4 Å². The molecule has 3 aliphatic rings. The van der Waals surface area contributed by atoms with Crippen molar-refractivity contribution in [3.8, 4) is 0 Å². The highest BCUT2D eigenvalue weighted by molar-refractivity contribution is 6.00. The molecule has 1 atom stereocenters. The maximum Gasteiger partial charge on any atom is 0.0441 e. The molecule has 0 radical (unpaired) electrons. The van der Waals surface area contributed by atoms with Crippen molar-refractivity contribution in [2.24, 2.45) is 5.92 Å². The number of halogens is 1. The summed E-state index contributed by atoms with van der Waals surface area (Å²) in [5.41, 5.74) is 1.74. The van der Waals surface area contributed by atoms with E-state index in [1.165, 1.54) is 59.5 Å². The third-order valence-corrected chi connectivity index (χ3v) is 6.33. The molecule has 0 amide bonds. The number of fused-ring (bicyclic) bond motifs is 5. The Hall–Kier alpha value is -1.57. The Labute approximate surface area is 150 Å². The van der Waals surface area contributed by atoms with Crippen molar-refractivity contribution in [2.45, 2.75) is 31.7 Å². The number of benzene rings is 3. The summed E-state index contributed by atoms with van der Waals surface area (Å²) in [6.45, 7) is 5.01. The van der Waals surface area contributed by atoms with Crippen LogP contribution in [0.25, 0.3) is 21.5 Å². The molecular formula is C22H24ClN. The summed E-state index contributed by atoms with van der Waals surface area (Å²) >= 11 is 0. The Morgan fingerprint density at radius 2 is 1.54 bits per heavy atom. The third-order valence-electron chi connectivity index (χ3n) is 6.33. The highest BCUT2D eigenvalue weighted by Gasteiger charge is 2.43. The highest BCUT2D eigenvalue weighted by atomic mass is 35.5. The van der Waals surface area contributed by atoms with Crippen LogP contribution in [0.4, 0.5) is 0 Å². The zero-order chi connectivity index (χ0) is 15.4. The molecule has 3 aromatic rings. The maximum atomic E-state index is 2.73. The Kier molecular flexibility index (Phi) is 3.82. The van der Waals surface area contributed by atoms with Gasteiger partial charge in [0.1, 0.15) is 0 Å². The maximum absolute atomic E-state index is 2.73. The number of hydrogen-bond donors (Lipinski definition) is 0. The Bertz CT molecular complexity index is 895. The lowest BCUT2D eigenvalue weighted by Gasteiger charge is -2.53. The van der Waals surface area contributed by atoms with Crippen LogP contribution in [0.2, 0.25) is 0 Å². The molecule has 3 aromatic carbocycles. The Morgan fingerprint density at radius 3 is 2.21 bits per heavy atom. The van der Waals surface area contributed by atoms with E-state index in [-0.39, 0.29) is 17.9 Å². The van der Waals surface area contributed by atoms with E-state index < -0.39 is 0 Å². The van der Waals surface area contributed by atoms with Crippen LogP contribution in [0.15, 0.2) is 54.6 Å². The zero-order valence-corrected chi connectivity index (χ0v) is 15.0. The number of hydrogen-bond acceptors (Lipinski definition) is 1. The second-order valence-electron chi connectivity index (χ2n) is 7.63. The molecule has 0 aliphatic carbocycles. The van der Waals surface area contributed by atoms with Crippen molar-refractivity contribution in [3.63, 3.8) is 0 Å². The Balaban J connectivity index is 0.00000146. The van der Waals surface area contributed by atoms with Crippen molar-refractivity contribution in [1.82, 2.24) is 4.90 Å². The quantitative estimate of drug-likeness (QED) is 0.511. The summed E-state index contributed by atoms with van der Waals surface area (Å²) in [5.74, 6) is 0.917. The molecule has 1 unspecified atom stereocenters. The first kappa shape index (κ1) is 15.9. The number of nitrogens with zero attached hydrogens (tertiary/aromatic N) is 1. The average Bonchev–Trinajstić information content (AvgIpc) is 2.60. The normalized spacial score (nSPS) is 28.9. The summed E-state index contributed by atoms with van der Waals surface area (Å²) in [7, 11) is 0. The smallest absolute Gasteiger partial charge is 0.0441 e. The fourth-order valence-electron chi connectivity index (χ4n) is 5.04. The summed E-state index contributed by atoms with van der Waals surface area (Å²) < 4.78 is 0. The van der Waals surface area contributed by atoms with Gasteiger partial charge in [-0.15, -0.1) is 12.4 Å². The van der Waals surface area contributed by atoms with Crippen LogP contribution >= 0.6 is 12.4 Å². The van der Waals surface area contributed by atoms with Crippen molar-refractivity contribution in [1.29, 1.82) is 0 Å². The molecule has 2 heteroatoms. The summed E-state index contributed by atoms with van der Waals surface area (Å²) in [5, 5.41) is 5.52. The van der Waals surface area contributed by atoms with Gasteiger partial charge in [-0.1, -0.05) is 42.5 Å². The van der Waals surface area contributed by atoms with Crippen LogP contribution < -0.4 is 0 Å². The standard InChI is InChI=1S/C22H23N.ClH/c1-22(15-16-9-11-23(22)12-10-16)21-8-4-7-19-13-17-5-2-3-6-18(17)14-20(19)21;/h2-8,13-14,16H,9-12,15H2,1H3;1H. The first-order chi connectivity index (χ1) is 11.2. The first-order valence-corrected chi connectivity index (χ1v) is 8.91. The van der Waals surface area contributed by atoms with Gasteiger partial charge < -0.3 is 0 Å². The molecule has 3 fully saturated rings. The molecule has 2 bridgehead atoms. The molecule has 0 saturated carbocycles. The molecule has 1 nitrogen and oxygen atoms in total. The topological polar surface area (TPSA) is 3.24 Å². The van der Waals surface area contributed by atoms with Crippen LogP contribution in [0, 0.1) is 5.92 Å². The molecule has 124 valence electrons. The van der Waals surface area contributed by atoms with Crippen molar-refractivity contribution >= 4 is 34.0 Å². The minimum atomic E-state index is 0. The van der Waals surface area contributed by atoms with Gasteiger partial charge in [0.05, 0.1) is 0 Å². The third kappa shape index (κ3) is 2.26. The molecule has 3 aliphatic heterocycles. The number of rotatable bonds is 1. The van der Waals surface area contributed by atoms with Crippen LogP contribution in [0.5, 0.6) is 0 Å². The van der Waals surface area contributed by atoms with Gasteiger partial charge in [0.25, 0.3) is 0 Å². The first-order valence-electron chi connectivity index (χ1n) is 8.91. The lowest BCUT2D eigenvalue weighted by Crippen LogP contribution is -2.54. The monoisotopic (exact) mass is 337 g/mol. The van der Waals surface area contributed by atoms with Crippen LogP contribution in [0.3, 0.4) is 0 Å². The Morgan fingerprint density at radius 1 is 0.875 bits per heavy atom. The predicted octanol–water partition coefficient (Wildman–Crippen LogP) is 5.75. The van der Waals surface area contributed by atoms with Gasteiger partial charge in [-0.2, -0.15) is 0 Å². The van der Waals surface area contributed by atoms with E-state index in [0.29, 0.717) is 0 Å². The largest absolute Gasteiger partial charge is 0.294 e. The van der Waals surface area contributed by atoms with E-state index in [1.807, 2.05) is 0 Å². The lowest BCUT2D eigenvalue weighted by atomic mass is 9.71. The fourth-order valence-corrected chi connectivity index (χ4v) is 5.04. The average molecular weight is 338 g/mol. The minimum absolute atomic E-state index is 0. The van der Waals surface area contributed by atoms with E-state index in [1.54, 1.807) is 0 Å². The van der Waals surface area contributed by atoms with Gasteiger partial charge in [0.2, 0.25) is 0 Å². The van der Waals surface area contributed by atoms with Crippen molar-refractivity contribution < 1.29 is 0 Å². The molecule has 6 rings (SSSR count). The zero-order valence-electron chi connectivity index (χ0n) is 14.2. The van der Waals surface area contributed by atoms with Gasteiger partial charge in [0, 0.05) is 5.54 Å². The molecule has 0 aromatic heterocycles. The molecule has 24 heavy (non-hydrogen) atoms. The van der Waals surface area contributed by atoms with Gasteiger partial charge in [0.15, 0.2) is 0 Å². The highest BCUT2D eigenvalue weighted by Crippen LogP contribution is 2.47. The lowest BCUT2D eigenvalue weighted by molar-refractivity contribution is -0.0205. The van der Waals surface area contributed by atoms with E-state index in [4.69, 9.17) is 0 Å². The van der Waals surface area contributed by atoms with Gasteiger partial charge in [-0.25, -0.2) is 0 Å². The van der Waals surface area contributed by atoms with E-state index in [0.717, 1.165) is 5.92 Å². The molecule has 3 heterocycles. The van der Waals surface area contributed by atoms with Crippen LogP contribution in [0.1, 0.15) is 31.7 Å². The van der Waals surface area contributed by atoms with Crippen LogP contribution in [-0.4, -0.2) is 18.0 Å². The summed E-state index contributed by atoms with van der Waals surface area (Å²) in [6.07, 6.45) is 4.10. The van der Waals surface area contributed by atoms with Gasteiger partial charge in [-0.3, -0.25) is 4.90 Å². The SMILES string of the molecule is CC1(c2cccc3cc4ccccc4cc23)CC2CCN1CC2.Cl. The summed E-state index contributed by atoms with van der Waals surface area (Å²) in [6, 6.07) is 20.4. The second kappa shape index (κ2) is 5.75. The van der Waals surface area contributed by atoms with Gasteiger partial charge >= 0.3 is 0 Å². The van der Waals surface area contributed by atoms with E-state index in [9.17, 15) is 0 Å². The van der Waals surface area contributed by atoms with Crippen molar-refractivity contribution in [2.75, 3.05) is 13.1 Å². The van der Waals surface area contributed by atoms with Gasteiger partial charge in [-0.05, 0) is 84.4 Å². The molecular weight excluding hydrogens is 314 g/mol. The van der Waals surface area contributed by atoms with Crippen LogP contribution in [-0.2, 0) is 5.54 Å². The predicted molar refractivity (Wildman–Crippen MR) is 105 cm³/mol. The van der Waals surface area contributed by atoms with Crippen molar-refractivity contribution in [3.05, 3.63) is 60.2 Å². The molecule has 0 spiro atoms. The molecule has 3 saturated heterocycles. The summed E-state index contributed by atoms with van der Waals surface area (Å²) in [4.78, 5) is 2.73. The second-order valence-corrected chi connectivity index (χ2v) is 7.63.